The van der Waals surface area contributed by atoms with Gasteiger partial charge in [-0.3, -0.25) is 4.79 Å². The maximum Gasteiger partial charge on any atom is 0.306 e. The number of aromatic nitrogens is 3. The van der Waals surface area contributed by atoms with Crippen LogP contribution in [0.1, 0.15) is 56.3 Å². The summed E-state index contributed by atoms with van der Waals surface area (Å²) in [6, 6.07) is 6.66. The number of fused-ring (bicyclic) bond motifs is 1. The fourth-order valence-electron chi connectivity index (χ4n) is 4.42. The lowest BCUT2D eigenvalue weighted by Gasteiger charge is -2.28. The van der Waals surface area contributed by atoms with Gasteiger partial charge < -0.3 is 15.0 Å². The van der Waals surface area contributed by atoms with Crippen LogP contribution in [0.2, 0.25) is 0 Å². The molecule has 1 aromatic heterocycles. The van der Waals surface area contributed by atoms with E-state index in [-0.39, 0.29) is 5.92 Å². The summed E-state index contributed by atoms with van der Waals surface area (Å²) in [4.78, 5) is 11.2. The summed E-state index contributed by atoms with van der Waals surface area (Å²) >= 11 is 0. The third-order valence-corrected chi connectivity index (χ3v) is 6.12. The van der Waals surface area contributed by atoms with Gasteiger partial charge in [-0.15, -0.1) is 10.2 Å². The highest BCUT2D eigenvalue weighted by Gasteiger charge is 2.26. The molecule has 0 spiro atoms. The van der Waals surface area contributed by atoms with E-state index in [2.05, 4.69) is 45.2 Å². The van der Waals surface area contributed by atoms with E-state index in [1.165, 1.54) is 24.8 Å². The summed E-state index contributed by atoms with van der Waals surface area (Å²) in [5.41, 5.74) is 3.45. The Morgan fingerprint density at radius 2 is 1.96 bits per heavy atom. The number of hydrogen-bond acceptors (Lipinski definition) is 4. The summed E-state index contributed by atoms with van der Waals surface area (Å²) < 4.78 is 2.29. The molecule has 0 unspecified atom stereocenters. The maximum absolute atomic E-state index is 11.2. The SMILES string of the molecule is Cc1c(NC2CCC(C(=O)O)CC2)cccc1-c1nnc2n1CCCCC2. The van der Waals surface area contributed by atoms with Gasteiger partial charge in [-0.25, -0.2) is 0 Å². The predicted octanol–water partition coefficient (Wildman–Crippen LogP) is 4.04. The number of rotatable bonds is 4. The number of aliphatic carboxylic acids is 1. The first-order valence-corrected chi connectivity index (χ1v) is 10.1. The largest absolute Gasteiger partial charge is 0.481 e. The topological polar surface area (TPSA) is 80.0 Å². The Balaban J connectivity index is 1.54. The van der Waals surface area contributed by atoms with E-state index in [0.717, 1.165) is 61.5 Å². The summed E-state index contributed by atoms with van der Waals surface area (Å²) in [6.45, 7) is 3.13. The van der Waals surface area contributed by atoms with Crippen LogP contribution in [0.4, 0.5) is 5.69 Å². The van der Waals surface area contributed by atoms with Crippen molar-refractivity contribution in [1.29, 1.82) is 0 Å². The highest BCUT2D eigenvalue weighted by atomic mass is 16.4. The molecule has 1 aromatic carbocycles. The van der Waals surface area contributed by atoms with E-state index in [9.17, 15) is 9.90 Å². The monoisotopic (exact) mass is 368 g/mol. The zero-order chi connectivity index (χ0) is 18.8. The molecule has 1 fully saturated rings. The first-order chi connectivity index (χ1) is 13.1. The van der Waals surface area contributed by atoms with Crippen LogP contribution in [0, 0.1) is 12.8 Å². The van der Waals surface area contributed by atoms with Crippen molar-refractivity contribution in [3.8, 4) is 11.4 Å². The van der Waals surface area contributed by atoms with Crippen molar-refractivity contribution >= 4 is 11.7 Å². The molecule has 27 heavy (non-hydrogen) atoms. The molecule has 6 heteroatoms. The first kappa shape index (κ1) is 18.0. The highest BCUT2D eigenvalue weighted by Crippen LogP contribution is 2.32. The van der Waals surface area contributed by atoms with Crippen LogP contribution in [0.5, 0.6) is 0 Å². The fraction of sp³-hybridized carbons (Fsp3) is 0.571. The van der Waals surface area contributed by atoms with Crippen LogP contribution < -0.4 is 5.32 Å². The smallest absolute Gasteiger partial charge is 0.306 e. The van der Waals surface area contributed by atoms with Crippen molar-refractivity contribution in [3.63, 3.8) is 0 Å². The number of aryl methyl sites for hydroxylation is 1. The standard InChI is InChI=1S/C21H28N4O2/c1-14-17(20-24-23-19-8-3-2-4-13-25(19)20)6-5-7-18(14)22-16-11-9-15(10-12-16)21(26)27/h5-7,15-16,22H,2-4,8-13H2,1H3,(H,26,27). The quantitative estimate of drug-likeness (QED) is 0.851. The lowest BCUT2D eigenvalue weighted by molar-refractivity contribution is -0.142. The van der Waals surface area contributed by atoms with Gasteiger partial charge in [-0.2, -0.15) is 0 Å². The minimum absolute atomic E-state index is 0.179. The molecule has 0 atom stereocenters. The predicted molar refractivity (Wildman–Crippen MR) is 105 cm³/mol. The van der Waals surface area contributed by atoms with Gasteiger partial charge in [-0.05, 0) is 57.1 Å². The second-order valence-corrected chi connectivity index (χ2v) is 7.91. The highest BCUT2D eigenvalue weighted by molar-refractivity contribution is 5.71. The summed E-state index contributed by atoms with van der Waals surface area (Å²) in [7, 11) is 0. The molecule has 2 aliphatic rings. The van der Waals surface area contributed by atoms with Crippen LogP contribution in [-0.4, -0.2) is 31.9 Å². The Labute approximate surface area is 160 Å². The van der Waals surface area contributed by atoms with Gasteiger partial charge in [0.05, 0.1) is 5.92 Å². The maximum atomic E-state index is 11.2. The zero-order valence-electron chi connectivity index (χ0n) is 15.9. The second-order valence-electron chi connectivity index (χ2n) is 7.91. The molecule has 2 aromatic rings. The molecule has 1 aliphatic heterocycles. The first-order valence-electron chi connectivity index (χ1n) is 10.1. The van der Waals surface area contributed by atoms with Crippen molar-refractivity contribution in [2.24, 2.45) is 5.92 Å². The zero-order valence-corrected chi connectivity index (χ0v) is 15.9. The molecule has 0 amide bonds. The molecule has 0 saturated heterocycles. The van der Waals surface area contributed by atoms with Gasteiger partial charge in [0.15, 0.2) is 5.82 Å². The molecular formula is C21H28N4O2. The number of carboxylic acid groups (broad SMARTS) is 1. The van der Waals surface area contributed by atoms with Gasteiger partial charge in [0.1, 0.15) is 5.82 Å². The third-order valence-electron chi connectivity index (χ3n) is 6.12. The molecular weight excluding hydrogens is 340 g/mol. The minimum Gasteiger partial charge on any atom is -0.481 e. The Morgan fingerprint density at radius 3 is 2.74 bits per heavy atom. The molecule has 0 bridgehead atoms. The average molecular weight is 368 g/mol. The van der Waals surface area contributed by atoms with E-state index in [4.69, 9.17) is 0 Å². The number of anilines is 1. The van der Waals surface area contributed by atoms with Crippen LogP contribution in [-0.2, 0) is 17.8 Å². The lowest BCUT2D eigenvalue weighted by atomic mass is 9.86. The van der Waals surface area contributed by atoms with Crippen molar-refractivity contribution in [3.05, 3.63) is 29.6 Å². The fourth-order valence-corrected chi connectivity index (χ4v) is 4.42. The number of hydrogen-bond donors (Lipinski definition) is 2. The normalized spacial score (nSPS) is 22.7. The van der Waals surface area contributed by atoms with Crippen LogP contribution in [0.3, 0.4) is 0 Å². The van der Waals surface area contributed by atoms with Crippen LogP contribution in [0.25, 0.3) is 11.4 Å². The summed E-state index contributed by atoms with van der Waals surface area (Å²) in [5.74, 6) is 1.25. The number of carboxylic acids is 1. The molecule has 2 N–H and O–H groups in total. The number of benzene rings is 1. The lowest BCUT2D eigenvalue weighted by Crippen LogP contribution is -2.29. The number of nitrogens with one attached hydrogen (secondary N) is 1. The van der Waals surface area contributed by atoms with Crippen molar-refractivity contribution < 1.29 is 9.90 Å². The second kappa shape index (κ2) is 7.71. The summed E-state index contributed by atoms with van der Waals surface area (Å²) in [5, 5.41) is 21.8. The Morgan fingerprint density at radius 1 is 1.15 bits per heavy atom. The average Bonchev–Trinajstić information content (AvgIpc) is 2.92. The van der Waals surface area contributed by atoms with Gasteiger partial charge in [0.2, 0.25) is 0 Å². The van der Waals surface area contributed by atoms with Gasteiger partial charge >= 0.3 is 5.97 Å². The molecule has 1 saturated carbocycles. The Bertz CT molecular complexity index is 822. The number of nitrogens with zero attached hydrogens (tertiary/aromatic N) is 3. The van der Waals surface area contributed by atoms with E-state index in [1.54, 1.807) is 0 Å². The molecule has 0 radical (unpaired) electrons. The summed E-state index contributed by atoms with van der Waals surface area (Å²) in [6.07, 6.45) is 7.95. The molecule has 4 rings (SSSR count). The van der Waals surface area contributed by atoms with Crippen LogP contribution in [0.15, 0.2) is 18.2 Å². The Hall–Kier alpha value is -2.37. The van der Waals surface area contributed by atoms with E-state index >= 15 is 0 Å². The van der Waals surface area contributed by atoms with Gasteiger partial charge in [0, 0.05) is 30.3 Å². The van der Waals surface area contributed by atoms with E-state index in [0.29, 0.717) is 6.04 Å². The van der Waals surface area contributed by atoms with Gasteiger partial charge in [-0.1, -0.05) is 18.6 Å². The molecule has 6 nitrogen and oxygen atoms in total. The van der Waals surface area contributed by atoms with Crippen LogP contribution >= 0.6 is 0 Å². The van der Waals surface area contributed by atoms with Crippen molar-refractivity contribution in [2.75, 3.05) is 5.32 Å². The number of carbonyl (C=O) groups is 1. The molecule has 1 aliphatic carbocycles. The van der Waals surface area contributed by atoms with Crippen molar-refractivity contribution in [2.45, 2.75) is 70.9 Å². The van der Waals surface area contributed by atoms with Gasteiger partial charge in [0.25, 0.3) is 0 Å². The van der Waals surface area contributed by atoms with E-state index < -0.39 is 5.97 Å². The third kappa shape index (κ3) is 3.70. The molecule has 144 valence electrons. The van der Waals surface area contributed by atoms with Crippen molar-refractivity contribution in [1.82, 2.24) is 14.8 Å². The molecule has 2 heterocycles. The van der Waals surface area contributed by atoms with E-state index in [1.807, 2.05) is 0 Å². The Kier molecular flexibility index (Phi) is 5.14. The minimum atomic E-state index is -0.654.